The molecule has 1 rings (SSSR count). The standard InChI is InChI=1S/C11H18BrN3O2S/c1-4-6-15(5-2)18(16,17)10-7-9(12)8-14-11(10)13-3/h7-8H,4-6H2,1-3H3,(H,13,14). The summed E-state index contributed by atoms with van der Waals surface area (Å²) in [6, 6.07) is 1.58. The summed E-state index contributed by atoms with van der Waals surface area (Å²) in [5.74, 6) is 0.368. The SMILES string of the molecule is CCCN(CC)S(=O)(=O)c1cc(Br)cnc1NC. The van der Waals surface area contributed by atoms with Crippen LogP contribution in [0.15, 0.2) is 21.6 Å². The van der Waals surface area contributed by atoms with Crippen LogP contribution in [0.1, 0.15) is 20.3 Å². The van der Waals surface area contributed by atoms with Crippen molar-refractivity contribution in [1.29, 1.82) is 0 Å². The summed E-state index contributed by atoms with van der Waals surface area (Å²) >= 11 is 3.25. The van der Waals surface area contributed by atoms with Crippen LogP contribution in [0.2, 0.25) is 0 Å². The summed E-state index contributed by atoms with van der Waals surface area (Å²) in [6.45, 7) is 4.74. The fourth-order valence-electron chi connectivity index (χ4n) is 1.64. The molecule has 0 amide bonds. The zero-order chi connectivity index (χ0) is 13.8. The van der Waals surface area contributed by atoms with Crippen LogP contribution in [0.3, 0.4) is 0 Å². The van der Waals surface area contributed by atoms with Gasteiger partial charge in [0.15, 0.2) is 0 Å². The van der Waals surface area contributed by atoms with Gasteiger partial charge in [-0.25, -0.2) is 13.4 Å². The van der Waals surface area contributed by atoms with E-state index in [2.05, 4.69) is 26.2 Å². The van der Waals surface area contributed by atoms with Gasteiger partial charge in [0.1, 0.15) is 10.7 Å². The normalized spacial score (nSPS) is 11.8. The Bertz CT molecular complexity index is 505. The van der Waals surface area contributed by atoms with Crippen molar-refractivity contribution < 1.29 is 8.42 Å². The first-order valence-electron chi connectivity index (χ1n) is 5.80. The first kappa shape index (κ1) is 15.4. The van der Waals surface area contributed by atoms with Gasteiger partial charge in [0, 0.05) is 30.8 Å². The predicted molar refractivity (Wildman–Crippen MR) is 76.2 cm³/mol. The van der Waals surface area contributed by atoms with Crippen molar-refractivity contribution in [2.75, 3.05) is 25.5 Å². The van der Waals surface area contributed by atoms with Gasteiger partial charge in [0.2, 0.25) is 10.0 Å². The highest BCUT2D eigenvalue weighted by Gasteiger charge is 2.26. The zero-order valence-corrected chi connectivity index (χ0v) is 13.2. The van der Waals surface area contributed by atoms with Crippen LogP contribution in [0.4, 0.5) is 5.82 Å². The average molecular weight is 336 g/mol. The molecule has 0 aliphatic rings. The number of pyridine rings is 1. The molecule has 0 spiro atoms. The van der Waals surface area contributed by atoms with E-state index < -0.39 is 10.0 Å². The average Bonchev–Trinajstić information content (AvgIpc) is 2.35. The van der Waals surface area contributed by atoms with E-state index in [1.807, 2.05) is 13.8 Å². The molecule has 0 fully saturated rings. The van der Waals surface area contributed by atoms with Crippen LogP contribution in [-0.2, 0) is 10.0 Å². The Balaban J connectivity index is 3.30. The Morgan fingerprint density at radius 2 is 2.11 bits per heavy atom. The molecule has 1 aromatic rings. The molecule has 0 radical (unpaired) electrons. The Morgan fingerprint density at radius 3 is 2.61 bits per heavy atom. The fraction of sp³-hybridized carbons (Fsp3) is 0.545. The van der Waals surface area contributed by atoms with Crippen LogP contribution in [0.5, 0.6) is 0 Å². The number of nitrogens with one attached hydrogen (secondary N) is 1. The maximum Gasteiger partial charge on any atom is 0.246 e. The molecular weight excluding hydrogens is 318 g/mol. The van der Waals surface area contributed by atoms with Gasteiger partial charge in [0.25, 0.3) is 0 Å². The number of sulfonamides is 1. The number of rotatable bonds is 6. The summed E-state index contributed by atoms with van der Waals surface area (Å²) in [6.07, 6.45) is 2.35. The van der Waals surface area contributed by atoms with Gasteiger partial charge in [-0.1, -0.05) is 13.8 Å². The van der Waals surface area contributed by atoms with Crippen molar-refractivity contribution in [2.24, 2.45) is 0 Å². The molecular formula is C11H18BrN3O2S. The lowest BCUT2D eigenvalue weighted by atomic mass is 10.4. The first-order chi connectivity index (χ1) is 8.47. The minimum absolute atomic E-state index is 0.203. The molecule has 7 heteroatoms. The van der Waals surface area contributed by atoms with E-state index in [0.29, 0.717) is 23.4 Å². The van der Waals surface area contributed by atoms with Gasteiger partial charge in [0.05, 0.1) is 0 Å². The topological polar surface area (TPSA) is 62.3 Å². The summed E-state index contributed by atoms with van der Waals surface area (Å²) in [5, 5.41) is 2.81. The van der Waals surface area contributed by atoms with Crippen molar-refractivity contribution in [1.82, 2.24) is 9.29 Å². The van der Waals surface area contributed by atoms with Gasteiger partial charge < -0.3 is 5.32 Å². The second-order valence-electron chi connectivity index (χ2n) is 3.75. The lowest BCUT2D eigenvalue weighted by Gasteiger charge is -2.21. The van der Waals surface area contributed by atoms with Crippen molar-refractivity contribution in [2.45, 2.75) is 25.2 Å². The Kier molecular flexibility index (Phi) is 5.55. The van der Waals surface area contributed by atoms with Gasteiger partial charge >= 0.3 is 0 Å². The monoisotopic (exact) mass is 335 g/mol. The number of aromatic nitrogens is 1. The quantitative estimate of drug-likeness (QED) is 0.866. The second kappa shape index (κ2) is 6.49. The molecule has 5 nitrogen and oxygen atoms in total. The molecule has 0 atom stereocenters. The highest BCUT2D eigenvalue weighted by atomic mass is 79.9. The lowest BCUT2D eigenvalue weighted by molar-refractivity contribution is 0.427. The Morgan fingerprint density at radius 1 is 1.44 bits per heavy atom. The minimum Gasteiger partial charge on any atom is -0.372 e. The summed E-state index contributed by atoms with van der Waals surface area (Å²) < 4.78 is 27.1. The molecule has 1 aromatic heterocycles. The number of hydrogen-bond donors (Lipinski definition) is 1. The molecule has 0 unspecified atom stereocenters. The van der Waals surface area contributed by atoms with Gasteiger partial charge in [-0.3, -0.25) is 0 Å². The Hall–Kier alpha value is -0.660. The van der Waals surface area contributed by atoms with E-state index in [-0.39, 0.29) is 4.90 Å². The molecule has 0 aromatic carbocycles. The molecule has 0 saturated heterocycles. The number of nitrogens with zero attached hydrogens (tertiary/aromatic N) is 2. The molecule has 0 saturated carbocycles. The van der Waals surface area contributed by atoms with E-state index >= 15 is 0 Å². The van der Waals surface area contributed by atoms with Crippen molar-refractivity contribution >= 4 is 31.8 Å². The van der Waals surface area contributed by atoms with E-state index in [1.54, 1.807) is 19.3 Å². The molecule has 0 aliphatic heterocycles. The largest absolute Gasteiger partial charge is 0.372 e. The summed E-state index contributed by atoms with van der Waals surface area (Å²) in [4.78, 5) is 4.28. The van der Waals surface area contributed by atoms with E-state index in [9.17, 15) is 8.42 Å². The maximum atomic E-state index is 12.5. The number of hydrogen-bond acceptors (Lipinski definition) is 4. The van der Waals surface area contributed by atoms with Crippen LogP contribution in [0, 0.1) is 0 Å². The molecule has 0 aliphatic carbocycles. The molecule has 102 valence electrons. The Labute approximate surface area is 117 Å². The van der Waals surface area contributed by atoms with E-state index in [4.69, 9.17) is 0 Å². The third kappa shape index (κ3) is 3.21. The van der Waals surface area contributed by atoms with Crippen molar-refractivity contribution in [3.8, 4) is 0 Å². The van der Waals surface area contributed by atoms with Crippen LogP contribution in [-0.4, -0.2) is 37.8 Å². The van der Waals surface area contributed by atoms with E-state index in [0.717, 1.165) is 6.42 Å². The van der Waals surface area contributed by atoms with Crippen LogP contribution >= 0.6 is 15.9 Å². The van der Waals surface area contributed by atoms with Crippen LogP contribution < -0.4 is 5.32 Å². The lowest BCUT2D eigenvalue weighted by Crippen LogP contribution is -2.32. The van der Waals surface area contributed by atoms with E-state index in [1.165, 1.54) is 4.31 Å². The fourth-order valence-corrected chi connectivity index (χ4v) is 3.84. The number of halogens is 1. The maximum absolute atomic E-state index is 12.5. The predicted octanol–water partition coefficient (Wildman–Crippen LogP) is 2.31. The molecule has 18 heavy (non-hydrogen) atoms. The van der Waals surface area contributed by atoms with Gasteiger partial charge in [-0.05, 0) is 28.4 Å². The van der Waals surface area contributed by atoms with Gasteiger partial charge in [-0.2, -0.15) is 4.31 Å². The molecule has 1 heterocycles. The molecule has 0 bridgehead atoms. The summed E-state index contributed by atoms with van der Waals surface area (Å²) in [5.41, 5.74) is 0. The highest BCUT2D eigenvalue weighted by molar-refractivity contribution is 9.10. The first-order valence-corrected chi connectivity index (χ1v) is 8.04. The van der Waals surface area contributed by atoms with Crippen molar-refractivity contribution in [3.05, 3.63) is 16.7 Å². The number of anilines is 1. The van der Waals surface area contributed by atoms with Crippen molar-refractivity contribution in [3.63, 3.8) is 0 Å². The third-order valence-corrected chi connectivity index (χ3v) is 4.92. The highest BCUT2D eigenvalue weighted by Crippen LogP contribution is 2.25. The smallest absolute Gasteiger partial charge is 0.246 e. The third-order valence-electron chi connectivity index (χ3n) is 2.50. The van der Waals surface area contributed by atoms with Crippen LogP contribution in [0.25, 0.3) is 0 Å². The second-order valence-corrected chi connectivity index (χ2v) is 6.57. The minimum atomic E-state index is -3.50. The summed E-state index contributed by atoms with van der Waals surface area (Å²) in [7, 11) is -1.84. The molecule has 1 N–H and O–H groups in total. The van der Waals surface area contributed by atoms with Gasteiger partial charge in [-0.15, -0.1) is 0 Å². The zero-order valence-electron chi connectivity index (χ0n) is 10.8.